The number of aliphatic hydroxyl groups is 1. The summed E-state index contributed by atoms with van der Waals surface area (Å²) in [7, 11) is 1.63. The van der Waals surface area contributed by atoms with Gasteiger partial charge in [0.1, 0.15) is 0 Å². The van der Waals surface area contributed by atoms with Gasteiger partial charge in [0.25, 0.3) is 0 Å². The molecule has 1 aromatic rings. The predicted molar refractivity (Wildman–Crippen MR) is 101 cm³/mol. The third kappa shape index (κ3) is 2.16. The Balaban J connectivity index is 1.67. The number of benzene rings is 1. The zero-order valence-electron chi connectivity index (χ0n) is 16.5. The SMILES string of the molecule is COc1ccc(C)c2c1OC1C(=O)CCC3(O)C(C)N(CC4CC4)CCC213. The summed E-state index contributed by atoms with van der Waals surface area (Å²) in [6, 6.07) is 3.93. The van der Waals surface area contributed by atoms with Gasteiger partial charge in [-0.15, -0.1) is 0 Å². The van der Waals surface area contributed by atoms with Crippen LogP contribution in [0, 0.1) is 12.8 Å². The quantitative estimate of drug-likeness (QED) is 0.885. The minimum absolute atomic E-state index is 0.00241. The third-order valence-electron chi connectivity index (χ3n) is 7.72. The van der Waals surface area contributed by atoms with Gasteiger partial charge in [-0.1, -0.05) is 6.07 Å². The number of fused-ring (bicyclic) bond motifs is 1. The van der Waals surface area contributed by atoms with Crippen molar-refractivity contribution < 1.29 is 19.4 Å². The molecule has 2 aliphatic carbocycles. The number of carbonyl (C=O) groups excluding carboxylic acids is 1. The molecule has 146 valence electrons. The van der Waals surface area contributed by atoms with E-state index in [0.29, 0.717) is 24.3 Å². The summed E-state index contributed by atoms with van der Waals surface area (Å²) >= 11 is 0. The molecule has 1 aromatic carbocycles. The number of hydrogen-bond donors (Lipinski definition) is 1. The Hall–Kier alpha value is -1.59. The molecule has 4 aliphatic rings. The first-order valence-corrected chi connectivity index (χ1v) is 10.3. The molecular weight excluding hydrogens is 342 g/mol. The molecule has 1 spiro atoms. The highest BCUT2D eigenvalue weighted by Gasteiger charge is 2.70. The molecule has 3 fully saturated rings. The van der Waals surface area contributed by atoms with Gasteiger partial charge < -0.3 is 14.6 Å². The molecule has 5 heteroatoms. The molecule has 1 N–H and O–H groups in total. The summed E-state index contributed by atoms with van der Waals surface area (Å²) in [4.78, 5) is 15.4. The van der Waals surface area contributed by atoms with E-state index in [0.717, 1.165) is 36.6 Å². The van der Waals surface area contributed by atoms with Crippen LogP contribution in [0.4, 0.5) is 0 Å². The van der Waals surface area contributed by atoms with Crippen LogP contribution < -0.4 is 9.47 Å². The fourth-order valence-electron chi connectivity index (χ4n) is 6.05. The van der Waals surface area contributed by atoms with Gasteiger partial charge in [0, 0.05) is 24.6 Å². The number of methoxy groups -OCH3 is 1. The molecule has 2 heterocycles. The first-order valence-electron chi connectivity index (χ1n) is 10.3. The molecule has 2 aliphatic heterocycles. The number of ether oxygens (including phenoxy) is 2. The molecule has 27 heavy (non-hydrogen) atoms. The van der Waals surface area contributed by atoms with Gasteiger partial charge in [0.05, 0.1) is 18.1 Å². The van der Waals surface area contributed by atoms with E-state index in [4.69, 9.17) is 9.47 Å². The van der Waals surface area contributed by atoms with Crippen molar-refractivity contribution in [2.75, 3.05) is 20.2 Å². The highest BCUT2D eigenvalue weighted by atomic mass is 16.5. The van der Waals surface area contributed by atoms with Crippen molar-refractivity contribution in [1.82, 2.24) is 4.90 Å². The van der Waals surface area contributed by atoms with Gasteiger partial charge in [0.2, 0.25) is 0 Å². The largest absolute Gasteiger partial charge is 0.493 e. The molecule has 4 atom stereocenters. The third-order valence-corrected chi connectivity index (χ3v) is 7.72. The Morgan fingerprint density at radius 1 is 1.33 bits per heavy atom. The molecule has 1 saturated heterocycles. The number of likely N-dealkylation sites (tertiary alicyclic amines) is 1. The van der Waals surface area contributed by atoms with Crippen LogP contribution in [0.2, 0.25) is 0 Å². The Bertz CT molecular complexity index is 804. The maximum atomic E-state index is 12.9. The molecule has 4 unspecified atom stereocenters. The maximum absolute atomic E-state index is 12.9. The van der Waals surface area contributed by atoms with Gasteiger partial charge in [-0.25, -0.2) is 0 Å². The van der Waals surface area contributed by atoms with E-state index < -0.39 is 17.1 Å². The first-order chi connectivity index (χ1) is 12.9. The fourth-order valence-corrected chi connectivity index (χ4v) is 6.05. The summed E-state index contributed by atoms with van der Waals surface area (Å²) in [5.41, 5.74) is 0.432. The summed E-state index contributed by atoms with van der Waals surface area (Å²) in [6.07, 6.45) is 3.63. The van der Waals surface area contributed by atoms with Crippen LogP contribution in [0.15, 0.2) is 12.1 Å². The van der Waals surface area contributed by atoms with Gasteiger partial charge in [-0.3, -0.25) is 9.69 Å². The molecule has 2 saturated carbocycles. The van der Waals surface area contributed by atoms with Crippen molar-refractivity contribution in [2.45, 2.75) is 69.1 Å². The van der Waals surface area contributed by atoms with Crippen LogP contribution in [0.25, 0.3) is 0 Å². The van der Waals surface area contributed by atoms with Crippen molar-refractivity contribution in [1.29, 1.82) is 0 Å². The molecule has 0 aromatic heterocycles. The Kier molecular flexibility index (Phi) is 3.70. The zero-order chi connectivity index (χ0) is 19.0. The maximum Gasteiger partial charge on any atom is 0.174 e. The standard InChI is InChI=1S/C22H29NO4/c1-13-4-7-17(26-3)19-18(13)21-10-11-23(12-15-5-6-15)14(2)22(21,25)9-8-16(24)20(21)27-19/h4,7,14-15,20,25H,5-6,8-12H2,1-3H3. The van der Waals surface area contributed by atoms with E-state index in [1.165, 1.54) is 12.8 Å². The summed E-state index contributed by atoms with van der Waals surface area (Å²) in [6.45, 7) is 6.15. The van der Waals surface area contributed by atoms with Crippen molar-refractivity contribution in [3.05, 3.63) is 23.3 Å². The average Bonchev–Trinajstić information content (AvgIpc) is 3.40. The summed E-state index contributed by atoms with van der Waals surface area (Å²) < 4.78 is 11.8. The second-order valence-corrected chi connectivity index (χ2v) is 9.01. The summed E-state index contributed by atoms with van der Waals surface area (Å²) in [5.74, 6) is 2.21. The van der Waals surface area contributed by atoms with Crippen LogP contribution in [0.1, 0.15) is 50.2 Å². The van der Waals surface area contributed by atoms with Crippen LogP contribution in [-0.2, 0) is 10.2 Å². The monoisotopic (exact) mass is 371 g/mol. The van der Waals surface area contributed by atoms with E-state index in [9.17, 15) is 9.90 Å². The Labute approximate surface area is 160 Å². The number of rotatable bonds is 3. The van der Waals surface area contributed by atoms with Gasteiger partial charge in [0.15, 0.2) is 23.4 Å². The van der Waals surface area contributed by atoms with Crippen molar-refractivity contribution >= 4 is 5.78 Å². The molecule has 5 rings (SSSR count). The average molecular weight is 371 g/mol. The normalized spacial score (nSPS) is 38.0. The Morgan fingerprint density at radius 2 is 2.11 bits per heavy atom. The van der Waals surface area contributed by atoms with Crippen LogP contribution in [0.3, 0.4) is 0 Å². The predicted octanol–water partition coefficient (Wildman–Crippen LogP) is 2.60. The molecule has 0 radical (unpaired) electrons. The lowest BCUT2D eigenvalue weighted by molar-refractivity contribution is -0.181. The zero-order valence-corrected chi connectivity index (χ0v) is 16.5. The van der Waals surface area contributed by atoms with E-state index in [1.54, 1.807) is 7.11 Å². The number of Topliss-reactive ketones (excluding diaryl/α,β-unsaturated/α-hetero) is 1. The minimum Gasteiger partial charge on any atom is -0.493 e. The molecule has 0 amide bonds. The molecule has 0 bridgehead atoms. The van der Waals surface area contributed by atoms with E-state index in [1.807, 2.05) is 12.1 Å². The second-order valence-electron chi connectivity index (χ2n) is 9.01. The van der Waals surface area contributed by atoms with Crippen molar-refractivity contribution in [3.63, 3.8) is 0 Å². The Morgan fingerprint density at radius 3 is 2.81 bits per heavy atom. The molecule has 5 nitrogen and oxygen atoms in total. The highest BCUT2D eigenvalue weighted by Crippen LogP contribution is 2.62. The highest BCUT2D eigenvalue weighted by molar-refractivity contribution is 5.89. The lowest BCUT2D eigenvalue weighted by Gasteiger charge is -2.59. The van der Waals surface area contributed by atoms with Gasteiger partial charge >= 0.3 is 0 Å². The number of hydrogen-bond acceptors (Lipinski definition) is 5. The fraction of sp³-hybridized carbons (Fsp3) is 0.682. The first kappa shape index (κ1) is 17.5. The second kappa shape index (κ2) is 5.71. The van der Waals surface area contributed by atoms with Gasteiger partial charge in [-0.2, -0.15) is 0 Å². The number of nitrogens with zero attached hydrogens (tertiary/aromatic N) is 1. The van der Waals surface area contributed by atoms with E-state index in [2.05, 4.69) is 18.7 Å². The lowest BCUT2D eigenvalue weighted by Crippen LogP contribution is -2.74. The smallest absolute Gasteiger partial charge is 0.174 e. The van der Waals surface area contributed by atoms with Crippen LogP contribution in [-0.4, -0.2) is 53.7 Å². The number of aryl methyl sites for hydroxylation is 1. The molecular formula is C22H29NO4. The van der Waals surface area contributed by atoms with Crippen LogP contribution >= 0.6 is 0 Å². The van der Waals surface area contributed by atoms with Crippen LogP contribution in [0.5, 0.6) is 11.5 Å². The topological polar surface area (TPSA) is 59.0 Å². The number of ketones is 1. The van der Waals surface area contributed by atoms with Gasteiger partial charge in [-0.05, 0) is 63.6 Å². The van der Waals surface area contributed by atoms with E-state index >= 15 is 0 Å². The van der Waals surface area contributed by atoms with Crippen molar-refractivity contribution in [3.8, 4) is 11.5 Å². The number of carbonyl (C=O) groups is 1. The van der Waals surface area contributed by atoms with E-state index in [-0.39, 0.29) is 11.8 Å². The number of piperidine rings is 1. The minimum atomic E-state index is -0.971. The van der Waals surface area contributed by atoms with Crippen molar-refractivity contribution in [2.24, 2.45) is 5.92 Å². The summed E-state index contributed by atoms with van der Waals surface area (Å²) in [5, 5.41) is 12.2. The lowest BCUT2D eigenvalue weighted by atomic mass is 9.52.